The molecule has 0 saturated carbocycles. The van der Waals surface area contributed by atoms with E-state index in [1.54, 1.807) is 19.2 Å². The molecule has 0 N–H and O–H groups in total. The van der Waals surface area contributed by atoms with Gasteiger partial charge in [0.25, 0.3) is 5.91 Å². The quantitative estimate of drug-likeness (QED) is 0.514. The number of hydrogen-bond donors (Lipinski definition) is 0. The summed E-state index contributed by atoms with van der Waals surface area (Å²) in [6.45, 7) is 0.959. The summed E-state index contributed by atoms with van der Waals surface area (Å²) in [4.78, 5) is 15.4. The Bertz CT molecular complexity index is 1110. The van der Waals surface area contributed by atoms with Crippen molar-refractivity contribution < 1.29 is 14.3 Å². The van der Waals surface area contributed by atoms with Crippen molar-refractivity contribution in [1.29, 1.82) is 0 Å². The fourth-order valence-corrected chi connectivity index (χ4v) is 4.13. The molecule has 0 aliphatic carbocycles. The van der Waals surface area contributed by atoms with Gasteiger partial charge < -0.3 is 9.47 Å². The first kappa shape index (κ1) is 22.6. The monoisotopic (exact) mass is 443 g/mol. The second kappa shape index (κ2) is 10.3. The van der Waals surface area contributed by atoms with Gasteiger partial charge in [-0.2, -0.15) is 5.10 Å². The second-order valence-corrected chi connectivity index (χ2v) is 8.14. The van der Waals surface area contributed by atoms with Gasteiger partial charge in [-0.3, -0.25) is 9.69 Å². The molecule has 33 heavy (non-hydrogen) atoms. The van der Waals surface area contributed by atoms with Crippen LogP contribution in [0.1, 0.15) is 29.2 Å². The number of benzene rings is 3. The van der Waals surface area contributed by atoms with E-state index in [2.05, 4.69) is 12.1 Å². The van der Waals surface area contributed by atoms with Crippen LogP contribution in [0.15, 0.2) is 84.0 Å². The number of carbonyl (C=O) groups is 1. The Morgan fingerprint density at radius 2 is 1.67 bits per heavy atom. The number of para-hydroxylation sites is 1. The van der Waals surface area contributed by atoms with E-state index in [1.165, 1.54) is 5.56 Å². The number of methoxy groups -OCH3 is 2. The van der Waals surface area contributed by atoms with Crippen LogP contribution in [0.2, 0.25) is 0 Å². The Balaban J connectivity index is 1.59. The van der Waals surface area contributed by atoms with Crippen LogP contribution >= 0.6 is 0 Å². The summed E-state index contributed by atoms with van der Waals surface area (Å²) in [6, 6.07) is 25.6. The van der Waals surface area contributed by atoms with E-state index in [0.29, 0.717) is 13.0 Å². The van der Waals surface area contributed by atoms with Gasteiger partial charge in [0.05, 0.1) is 32.5 Å². The lowest BCUT2D eigenvalue weighted by atomic mass is 9.98. The first-order valence-electron chi connectivity index (χ1n) is 11.0. The normalized spacial score (nSPS) is 15.5. The minimum Gasteiger partial charge on any atom is -0.497 e. The van der Waals surface area contributed by atoms with Gasteiger partial charge in [-0.05, 0) is 42.4 Å². The van der Waals surface area contributed by atoms with Gasteiger partial charge in [0.1, 0.15) is 11.5 Å². The zero-order valence-corrected chi connectivity index (χ0v) is 19.3. The predicted octanol–water partition coefficient (Wildman–Crippen LogP) is 4.51. The molecular formula is C27H29N3O3. The third-order valence-corrected chi connectivity index (χ3v) is 5.78. The van der Waals surface area contributed by atoms with Gasteiger partial charge in [-0.25, -0.2) is 5.01 Å². The van der Waals surface area contributed by atoms with Crippen molar-refractivity contribution in [3.63, 3.8) is 0 Å². The van der Waals surface area contributed by atoms with Gasteiger partial charge in [0, 0.05) is 18.5 Å². The number of hydrazone groups is 1. The van der Waals surface area contributed by atoms with Gasteiger partial charge in [0.2, 0.25) is 0 Å². The highest BCUT2D eigenvalue weighted by molar-refractivity contribution is 6.05. The van der Waals surface area contributed by atoms with Gasteiger partial charge in [-0.15, -0.1) is 0 Å². The minimum atomic E-state index is -0.187. The number of ether oxygens (including phenoxy) is 2. The molecule has 0 radical (unpaired) electrons. The molecular weight excluding hydrogens is 414 g/mol. The highest BCUT2D eigenvalue weighted by Crippen LogP contribution is 2.35. The molecule has 0 unspecified atom stereocenters. The summed E-state index contributed by atoms with van der Waals surface area (Å²) >= 11 is 0. The molecule has 1 amide bonds. The van der Waals surface area contributed by atoms with Crippen LogP contribution in [0.3, 0.4) is 0 Å². The first-order chi connectivity index (χ1) is 16.1. The summed E-state index contributed by atoms with van der Waals surface area (Å²) in [6.07, 6.45) is 0.612. The summed E-state index contributed by atoms with van der Waals surface area (Å²) < 4.78 is 10.9. The molecule has 1 heterocycles. The van der Waals surface area contributed by atoms with Crippen molar-refractivity contribution >= 4 is 11.6 Å². The molecule has 1 atom stereocenters. The number of amides is 1. The van der Waals surface area contributed by atoms with Crippen molar-refractivity contribution in [3.05, 3.63) is 95.6 Å². The Morgan fingerprint density at radius 3 is 2.36 bits per heavy atom. The number of likely N-dealkylation sites (N-methyl/N-ethyl adjacent to an activating group) is 1. The van der Waals surface area contributed by atoms with Crippen LogP contribution in [0.25, 0.3) is 0 Å². The molecule has 4 rings (SSSR count). The molecule has 1 aliphatic rings. The standard InChI is InChI=1S/C27H29N3O3/c1-29(18-20-9-5-4-6-10-20)19-27(31)30-25(21-13-15-22(32-2)16-14-21)17-24(28-30)23-11-7-8-12-26(23)33-3/h4-16,25H,17-19H2,1-3H3/t25-/m0/s1. The average molecular weight is 444 g/mol. The van der Waals surface area contributed by atoms with Crippen molar-refractivity contribution in [3.8, 4) is 11.5 Å². The Kier molecular flexibility index (Phi) is 7.05. The van der Waals surface area contributed by atoms with E-state index in [9.17, 15) is 4.79 Å². The average Bonchev–Trinajstić information content (AvgIpc) is 3.30. The first-order valence-corrected chi connectivity index (χ1v) is 11.0. The molecule has 0 saturated heterocycles. The van der Waals surface area contributed by atoms with Gasteiger partial charge in [-0.1, -0.05) is 54.6 Å². The largest absolute Gasteiger partial charge is 0.497 e. The van der Waals surface area contributed by atoms with Crippen LogP contribution in [0.4, 0.5) is 0 Å². The van der Waals surface area contributed by atoms with Gasteiger partial charge in [0.15, 0.2) is 0 Å². The summed E-state index contributed by atoms with van der Waals surface area (Å²) in [5.74, 6) is 1.49. The van der Waals surface area contributed by atoms with E-state index in [0.717, 1.165) is 28.3 Å². The maximum Gasteiger partial charge on any atom is 0.257 e. The fraction of sp³-hybridized carbons (Fsp3) is 0.259. The SMILES string of the molecule is COc1ccc([C@@H]2CC(c3ccccc3OC)=NN2C(=O)CN(C)Cc2ccccc2)cc1. The molecule has 0 aromatic heterocycles. The van der Waals surface area contributed by atoms with Crippen LogP contribution in [-0.2, 0) is 11.3 Å². The van der Waals surface area contributed by atoms with E-state index in [1.807, 2.05) is 78.7 Å². The van der Waals surface area contributed by atoms with E-state index < -0.39 is 0 Å². The van der Waals surface area contributed by atoms with Crippen LogP contribution in [0.5, 0.6) is 11.5 Å². The van der Waals surface area contributed by atoms with Crippen molar-refractivity contribution in [2.75, 3.05) is 27.8 Å². The number of rotatable bonds is 8. The lowest BCUT2D eigenvalue weighted by Crippen LogP contribution is -2.36. The van der Waals surface area contributed by atoms with E-state index >= 15 is 0 Å². The molecule has 170 valence electrons. The van der Waals surface area contributed by atoms with Crippen molar-refractivity contribution in [1.82, 2.24) is 9.91 Å². The van der Waals surface area contributed by atoms with Crippen LogP contribution < -0.4 is 9.47 Å². The fourth-order valence-electron chi connectivity index (χ4n) is 4.13. The summed E-state index contributed by atoms with van der Waals surface area (Å²) in [5.41, 5.74) is 3.93. The highest BCUT2D eigenvalue weighted by Gasteiger charge is 2.34. The van der Waals surface area contributed by atoms with Gasteiger partial charge >= 0.3 is 0 Å². The molecule has 1 aliphatic heterocycles. The number of carbonyl (C=O) groups excluding carboxylic acids is 1. The maximum atomic E-state index is 13.4. The van der Waals surface area contributed by atoms with Crippen LogP contribution in [0, 0.1) is 0 Å². The Morgan fingerprint density at radius 1 is 0.970 bits per heavy atom. The molecule has 0 fully saturated rings. The molecule has 3 aromatic rings. The van der Waals surface area contributed by atoms with E-state index in [4.69, 9.17) is 14.6 Å². The Labute approximate surface area is 195 Å². The highest BCUT2D eigenvalue weighted by atomic mass is 16.5. The number of hydrogen-bond acceptors (Lipinski definition) is 5. The summed E-state index contributed by atoms with van der Waals surface area (Å²) in [5, 5.41) is 6.42. The Hall–Kier alpha value is -3.64. The molecule has 3 aromatic carbocycles. The topological polar surface area (TPSA) is 54.4 Å². The third kappa shape index (κ3) is 5.23. The molecule has 0 spiro atoms. The zero-order valence-electron chi connectivity index (χ0n) is 19.3. The molecule has 0 bridgehead atoms. The number of nitrogens with zero attached hydrogens (tertiary/aromatic N) is 3. The predicted molar refractivity (Wildman–Crippen MR) is 130 cm³/mol. The maximum absolute atomic E-state index is 13.4. The minimum absolute atomic E-state index is 0.0425. The van der Waals surface area contributed by atoms with Crippen LogP contribution in [-0.4, -0.2) is 49.3 Å². The molecule has 6 nitrogen and oxygen atoms in total. The van der Waals surface area contributed by atoms with E-state index in [-0.39, 0.29) is 18.5 Å². The second-order valence-electron chi connectivity index (χ2n) is 8.14. The van der Waals surface area contributed by atoms with Crippen molar-refractivity contribution in [2.45, 2.75) is 19.0 Å². The lowest BCUT2D eigenvalue weighted by Gasteiger charge is -2.25. The summed E-state index contributed by atoms with van der Waals surface area (Å²) in [7, 11) is 5.25. The lowest BCUT2D eigenvalue weighted by molar-refractivity contribution is -0.134. The smallest absolute Gasteiger partial charge is 0.257 e. The molecule has 6 heteroatoms. The third-order valence-electron chi connectivity index (χ3n) is 5.78. The van der Waals surface area contributed by atoms with Crippen molar-refractivity contribution in [2.24, 2.45) is 5.10 Å². The zero-order chi connectivity index (χ0) is 23.2.